The van der Waals surface area contributed by atoms with Gasteiger partial charge in [-0.25, -0.2) is 0 Å². The first kappa shape index (κ1) is 20.2. The highest BCUT2D eigenvalue weighted by Gasteiger charge is 2.23. The number of piperidine rings is 1. The van der Waals surface area contributed by atoms with Gasteiger partial charge in [-0.2, -0.15) is 0 Å². The average molecular weight is 360 g/mol. The second kappa shape index (κ2) is 10.2. The summed E-state index contributed by atoms with van der Waals surface area (Å²) in [6.07, 6.45) is 2.70. The van der Waals surface area contributed by atoms with Crippen LogP contribution in [0.2, 0.25) is 0 Å². The van der Waals surface area contributed by atoms with Crippen LogP contribution >= 0.6 is 0 Å². The van der Waals surface area contributed by atoms with Crippen LogP contribution in [0.15, 0.2) is 29.3 Å². The van der Waals surface area contributed by atoms with Crippen molar-refractivity contribution in [1.82, 2.24) is 20.4 Å². The minimum absolute atomic E-state index is 0.142. The van der Waals surface area contributed by atoms with Crippen LogP contribution in [0.3, 0.4) is 0 Å². The van der Waals surface area contributed by atoms with Crippen molar-refractivity contribution < 1.29 is 4.79 Å². The van der Waals surface area contributed by atoms with E-state index in [0.29, 0.717) is 12.3 Å². The number of rotatable bonds is 6. The van der Waals surface area contributed by atoms with Gasteiger partial charge in [-0.3, -0.25) is 9.79 Å². The molecule has 1 heterocycles. The molecule has 6 nitrogen and oxygen atoms in total. The topological polar surface area (TPSA) is 60.0 Å². The summed E-state index contributed by atoms with van der Waals surface area (Å²) < 4.78 is 0. The SMILES string of the molecule is CN=C(NCc1ccccc1CN(C)C)N1CCC(CC(=O)NC)CC1. The molecule has 0 radical (unpaired) electrons. The Bertz CT molecular complexity index is 606. The van der Waals surface area contributed by atoms with Crippen molar-refractivity contribution in [3.05, 3.63) is 35.4 Å². The summed E-state index contributed by atoms with van der Waals surface area (Å²) in [5, 5.41) is 6.24. The van der Waals surface area contributed by atoms with Gasteiger partial charge < -0.3 is 20.4 Å². The molecule has 1 saturated heterocycles. The Morgan fingerprint density at radius 2 is 1.88 bits per heavy atom. The van der Waals surface area contributed by atoms with Crippen molar-refractivity contribution >= 4 is 11.9 Å². The maximum atomic E-state index is 11.6. The van der Waals surface area contributed by atoms with Gasteiger partial charge in [-0.15, -0.1) is 0 Å². The van der Waals surface area contributed by atoms with E-state index in [4.69, 9.17) is 0 Å². The Morgan fingerprint density at radius 3 is 2.46 bits per heavy atom. The Labute approximate surface area is 157 Å². The van der Waals surface area contributed by atoms with Crippen LogP contribution in [0.4, 0.5) is 0 Å². The monoisotopic (exact) mass is 359 g/mol. The molecule has 1 aliphatic heterocycles. The van der Waals surface area contributed by atoms with Crippen molar-refractivity contribution in [3.63, 3.8) is 0 Å². The first-order valence-corrected chi connectivity index (χ1v) is 9.41. The zero-order chi connectivity index (χ0) is 18.9. The molecule has 1 amide bonds. The number of nitrogens with one attached hydrogen (secondary N) is 2. The highest BCUT2D eigenvalue weighted by molar-refractivity contribution is 5.80. The van der Waals surface area contributed by atoms with E-state index < -0.39 is 0 Å². The molecule has 0 bridgehead atoms. The van der Waals surface area contributed by atoms with Gasteiger partial charge in [0.05, 0.1) is 0 Å². The largest absolute Gasteiger partial charge is 0.359 e. The third kappa shape index (κ3) is 6.02. The third-order valence-electron chi connectivity index (χ3n) is 4.92. The van der Waals surface area contributed by atoms with Crippen molar-refractivity contribution in [1.29, 1.82) is 0 Å². The lowest BCUT2D eigenvalue weighted by Gasteiger charge is -2.34. The summed E-state index contributed by atoms with van der Waals surface area (Å²) in [5.41, 5.74) is 2.64. The molecule has 1 aromatic rings. The predicted octanol–water partition coefficient (Wildman–Crippen LogP) is 1.67. The fourth-order valence-electron chi connectivity index (χ4n) is 3.44. The Balaban J connectivity index is 1.88. The van der Waals surface area contributed by atoms with Gasteiger partial charge in [0.25, 0.3) is 0 Å². The van der Waals surface area contributed by atoms with Crippen molar-refractivity contribution in [2.75, 3.05) is 41.3 Å². The van der Waals surface area contributed by atoms with Crippen LogP contribution in [0, 0.1) is 5.92 Å². The zero-order valence-electron chi connectivity index (χ0n) is 16.6. The van der Waals surface area contributed by atoms with Gasteiger partial charge >= 0.3 is 0 Å². The standard InChI is InChI=1S/C20H33N5O/c1-21-19(26)13-16-9-11-25(12-10-16)20(22-2)23-14-17-7-5-6-8-18(17)15-24(3)4/h5-8,16H,9-15H2,1-4H3,(H,21,26)(H,22,23). The molecule has 144 valence electrons. The van der Waals surface area contributed by atoms with Gasteiger partial charge in [0.1, 0.15) is 0 Å². The van der Waals surface area contributed by atoms with Crippen molar-refractivity contribution in [3.8, 4) is 0 Å². The first-order valence-electron chi connectivity index (χ1n) is 9.41. The molecule has 0 atom stereocenters. The molecular weight excluding hydrogens is 326 g/mol. The van der Waals surface area contributed by atoms with E-state index in [-0.39, 0.29) is 5.91 Å². The number of carbonyl (C=O) groups excluding carboxylic acids is 1. The highest BCUT2D eigenvalue weighted by Crippen LogP contribution is 2.20. The molecule has 0 unspecified atom stereocenters. The number of hydrogen-bond acceptors (Lipinski definition) is 3. The van der Waals surface area contributed by atoms with E-state index in [0.717, 1.165) is 45.0 Å². The second-order valence-electron chi connectivity index (χ2n) is 7.21. The fourth-order valence-corrected chi connectivity index (χ4v) is 3.44. The third-order valence-corrected chi connectivity index (χ3v) is 4.92. The predicted molar refractivity (Wildman–Crippen MR) is 107 cm³/mol. The summed E-state index contributed by atoms with van der Waals surface area (Å²) in [4.78, 5) is 20.5. The molecular formula is C20H33N5O. The average Bonchev–Trinajstić information content (AvgIpc) is 2.64. The maximum absolute atomic E-state index is 11.6. The van der Waals surface area contributed by atoms with Crippen LogP contribution < -0.4 is 10.6 Å². The quantitative estimate of drug-likeness (QED) is 0.599. The number of benzene rings is 1. The first-order chi connectivity index (χ1) is 12.5. The number of likely N-dealkylation sites (tertiary alicyclic amines) is 1. The molecule has 1 aromatic carbocycles. The van der Waals surface area contributed by atoms with Crippen LogP contribution in [-0.2, 0) is 17.9 Å². The Morgan fingerprint density at radius 1 is 1.23 bits per heavy atom. The number of amides is 1. The van der Waals surface area contributed by atoms with Crippen LogP contribution in [0.5, 0.6) is 0 Å². The van der Waals surface area contributed by atoms with Crippen LogP contribution in [0.1, 0.15) is 30.4 Å². The molecule has 1 fully saturated rings. The minimum Gasteiger partial charge on any atom is -0.359 e. The summed E-state index contributed by atoms with van der Waals surface area (Å²) >= 11 is 0. The van der Waals surface area contributed by atoms with Crippen molar-refractivity contribution in [2.45, 2.75) is 32.4 Å². The smallest absolute Gasteiger partial charge is 0.220 e. The fraction of sp³-hybridized carbons (Fsp3) is 0.600. The van der Waals surface area contributed by atoms with Gasteiger partial charge in [-0.05, 0) is 44.0 Å². The van der Waals surface area contributed by atoms with Gasteiger partial charge in [-0.1, -0.05) is 24.3 Å². The van der Waals surface area contributed by atoms with Gasteiger partial charge in [0.2, 0.25) is 5.91 Å². The second-order valence-corrected chi connectivity index (χ2v) is 7.21. The van der Waals surface area contributed by atoms with Crippen molar-refractivity contribution in [2.24, 2.45) is 10.9 Å². The minimum atomic E-state index is 0.142. The van der Waals surface area contributed by atoms with E-state index >= 15 is 0 Å². The lowest BCUT2D eigenvalue weighted by Crippen LogP contribution is -2.45. The molecule has 2 N–H and O–H groups in total. The van der Waals surface area contributed by atoms with E-state index in [2.05, 4.69) is 63.8 Å². The molecule has 1 aliphatic rings. The van der Waals surface area contributed by atoms with Crippen LogP contribution in [0.25, 0.3) is 0 Å². The molecule has 0 aliphatic carbocycles. The molecule has 0 aromatic heterocycles. The number of carbonyl (C=O) groups is 1. The number of aliphatic imine (C=N–C) groups is 1. The van der Waals surface area contributed by atoms with E-state index in [1.165, 1.54) is 11.1 Å². The summed E-state index contributed by atoms with van der Waals surface area (Å²) in [6.45, 7) is 3.59. The summed E-state index contributed by atoms with van der Waals surface area (Å²) in [5.74, 6) is 1.57. The van der Waals surface area contributed by atoms with E-state index in [1.54, 1.807) is 7.05 Å². The maximum Gasteiger partial charge on any atom is 0.220 e. The zero-order valence-corrected chi connectivity index (χ0v) is 16.6. The molecule has 26 heavy (non-hydrogen) atoms. The highest BCUT2D eigenvalue weighted by atomic mass is 16.1. The number of nitrogens with zero attached hydrogens (tertiary/aromatic N) is 3. The summed E-state index contributed by atoms with van der Waals surface area (Å²) in [7, 11) is 7.72. The number of hydrogen-bond donors (Lipinski definition) is 2. The molecule has 0 spiro atoms. The molecule has 0 saturated carbocycles. The van der Waals surface area contributed by atoms with Gasteiger partial charge in [0, 0.05) is 46.7 Å². The lowest BCUT2D eigenvalue weighted by atomic mass is 9.93. The van der Waals surface area contributed by atoms with Gasteiger partial charge in [0.15, 0.2) is 5.96 Å². The Hall–Kier alpha value is -2.08. The normalized spacial score (nSPS) is 16.0. The Kier molecular flexibility index (Phi) is 7.91. The van der Waals surface area contributed by atoms with E-state index in [9.17, 15) is 4.79 Å². The van der Waals surface area contributed by atoms with Crippen LogP contribution in [-0.4, -0.2) is 62.9 Å². The van der Waals surface area contributed by atoms with E-state index in [1.807, 2.05) is 7.05 Å². The molecule has 6 heteroatoms. The molecule has 2 rings (SSSR count). The number of guanidine groups is 1. The summed E-state index contributed by atoms with van der Waals surface area (Å²) in [6, 6.07) is 8.54. The lowest BCUT2D eigenvalue weighted by molar-refractivity contribution is -0.121.